The molecule has 0 aliphatic heterocycles. The van der Waals surface area contributed by atoms with Gasteiger partial charge >= 0.3 is 0 Å². The molecular weight excluding hydrogens is 773 g/mol. The second-order valence-corrected chi connectivity index (χ2v) is 15.4. The highest BCUT2D eigenvalue weighted by atomic mass is 15.0. The molecule has 8 nitrogen and oxygen atoms in total. The molecule has 0 N–H and O–H groups in total. The molecule has 294 valence electrons. The molecule has 8 heteroatoms. The summed E-state index contributed by atoms with van der Waals surface area (Å²) in [5.41, 5.74) is 12.7. The Morgan fingerprint density at radius 3 is 1.33 bits per heavy atom. The van der Waals surface area contributed by atoms with E-state index in [4.69, 9.17) is 24.9 Å². The third kappa shape index (κ3) is 6.63. The summed E-state index contributed by atoms with van der Waals surface area (Å²) in [5, 5.41) is 4.58. The zero-order valence-electron chi connectivity index (χ0n) is 33.7. The van der Waals surface area contributed by atoms with Crippen LogP contribution >= 0.6 is 0 Å². The molecule has 0 bridgehead atoms. The molecule has 5 heterocycles. The predicted molar refractivity (Wildman–Crippen MR) is 253 cm³/mol. The Hall–Kier alpha value is -8.75. The Bertz CT molecular complexity index is 3610. The van der Waals surface area contributed by atoms with E-state index in [9.17, 15) is 0 Å². The number of para-hydroxylation sites is 2. The topological polar surface area (TPSA) is 95.2 Å². The summed E-state index contributed by atoms with van der Waals surface area (Å²) < 4.78 is 2.31. The van der Waals surface area contributed by atoms with Gasteiger partial charge in [-0.25, -0.2) is 34.9 Å². The fraction of sp³-hybridized carbons (Fsp3) is 0. The van der Waals surface area contributed by atoms with Gasteiger partial charge in [-0.05, 0) is 77.9 Å². The van der Waals surface area contributed by atoms with Gasteiger partial charge in [0, 0.05) is 61.9 Å². The first kappa shape index (κ1) is 36.1. The summed E-state index contributed by atoms with van der Waals surface area (Å²) in [5.74, 6) is 2.43. The van der Waals surface area contributed by atoms with E-state index in [1.165, 1.54) is 21.8 Å². The van der Waals surface area contributed by atoms with E-state index in [1.54, 1.807) is 18.5 Å². The fourth-order valence-electron chi connectivity index (χ4n) is 8.41. The third-order valence-corrected chi connectivity index (χ3v) is 11.6. The molecule has 0 fully saturated rings. The van der Waals surface area contributed by atoms with Crippen molar-refractivity contribution in [2.45, 2.75) is 0 Å². The summed E-state index contributed by atoms with van der Waals surface area (Å²) >= 11 is 0. The van der Waals surface area contributed by atoms with E-state index in [0.717, 1.165) is 72.3 Å². The van der Waals surface area contributed by atoms with Gasteiger partial charge in [0.05, 0.1) is 27.8 Å². The van der Waals surface area contributed by atoms with Crippen LogP contribution in [-0.2, 0) is 0 Å². The maximum absolute atomic E-state index is 5.14. The first-order valence-corrected chi connectivity index (χ1v) is 20.8. The smallest absolute Gasteiger partial charge is 0.178 e. The summed E-state index contributed by atoms with van der Waals surface area (Å²) in [6, 6.07) is 66.7. The number of hydrogen-bond donors (Lipinski definition) is 0. The van der Waals surface area contributed by atoms with Crippen molar-refractivity contribution in [3.63, 3.8) is 0 Å². The lowest BCUT2D eigenvalue weighted by atomic mass is 10.0. The summed E-state index contributed by atoms with van der Waals surface area (Å²) in [6.07, 6.45) is 3.47. The number of fused-ring (bicyclic) bond motifs is 5. The number of rotatable bonds is 7. The first-order chi connectivity index (χ1) is 31.2. The molecule has 0 saturated heterocycles. The standard InChI is InChI=1S/C55H34N8/c1-2-9-38(10-3-1)52-60-53(62-54(61-52)40-23-27-43(28-24-40)63-50-13-6-4-11-44(50)45-12-5-7-14-51(45)63)39-19-15-35(16-20-39)46-29-25-36-17-21-41(33-48(36)58-46)42-22-18-37-26-30-47(59-49(37)34-42)55-56-31-8-32-57-55/h1-34H. The zero-order chi connectivity index (χ0) is 41.7. The second kappa shape index (κ2) is 15.1. The molecule has 5 aromatic heterocycles. The summed E-state index contributed by atoms with van der Waals surface area (Å²) in [4.78, 5) is 33.9. The van der Waals surface area contributed by atoms with Crippen molar-refractivity contribution in [2.75, 3.05) is 0 Å². The quantitative estimate of drug-likeness (QED) is 0.158. The Labute approximate surface area is 362 Å². The highest BCUT2D eigenvalue weighted by Crippen LogP contribution is 2.34. The maximum Gasteiger partial charge on any atom is 0.178 e. The lowest BCUT2D eigenvalue weighted by Crippen LogP contribution is -2.00. The number of pyridine rings is 2. The highest BCUT2D eigenvalue weighted by molar-refractivity contribution is 6.09. The van der Waals surface area contributed by atoms with Crippen LogP contribution in [0.4, 0.5) is 0 Å². The van der Waals surface area contributed by atoms with Crippen molar-refractivity contribution in [1.82, 2.24) is 39.5 Å². The summed E-state index contributed by atoms with van der Waals surface area (Å²) in [7, 11) is 0. The van der Waals surface area contributed by atoms with Crippen LogP contribution in [0.2, 0.25) is 0 Å². The zero-order valence-corrected chi connectivity index (χ0v) is 33.7. The average Bonchev–Trinajstić information content (AvgIpc) is 3.70. The largest absolute Gasteiger partial charge is 0.309 e. The van der Waals surface area contributed by atoms with Crippen LogP contribution in [0.3, 0.4) is 0 Å². The molecule has 63 heavy (non-hydrogen) atoms. The van der Waals surface area contributed by atoms with Crippen LogP contribution in [0.1, 0.15) is 0 Å². The number of benzene rings is 7. The second-order valence-electron chi connectivity index (χ2n) is 15.4. The molecular formula is C55H34N8. The van der Waals surface area contributed by atoms with Crippen LogP contribution in [0.15, 0.2) is 207 Å². The Kier molecular flexibility index (Phi) is 8.64. The van der Waals surface area contributed by atoms with E-state index < -0.39 is 0 Å². The highest BCUT2D eigenvalue weighted by Gasteiger charge is 2.16. The van der Waals surface area contributed by atoms with Crippen LogP contribution < -0.4 is 0 Å². The van der Waals surface area contributed by atoms with Gasteiger partial charge in [0.25, 0.3) is 0 Å². The number of hydrogen-bond acceptors (Lipinski definition) is 7. The van der Waals surface area contributed by atoms with Crippen molar-refractivity contribution in [3.8, 4) is 73.8 Å². The molecule has 0 aliphatic carbocycles. The molecule has 7 aromatic carbocycles. The molecule has 0 saturated carbocycles. The number of nitrogens with zero attached hydrogens (tertiary/aromatic N) is 8. The van der Waals surface area contributed by atoms with Gasteiger partial charge in [-0.1, -0.05) is 127 Å². The minimum Gasteiger partial charge on any atom is -0.309 e. The van der Waals surface area contributed by atoms with Crippen LogP contribution in [0.25, 0.3) is 117 Å². The van der Waals surface area contributed by atoms with Gasteiger partial charge in [0.2, 0.25) is 0 Å². The minimum absolute atomic E-state index is 0.598. The lowest BCUT2D eigenvalue weighted by Gasteiger charge is -2.11. The Balaban J connectivity index is 0.866. The third-order valence-electron chi connectivity index (χ3n) is 11.6. The van der Waals surface area contributed by atoms with Crippen LogP contribution in [0.5, 0.6) is 0 Å². The molecule has 0 radical (unpaired) electrons. The van der Waals surface area contributed by atoms with Gasteiger partial charge in [-0.2, -0.15) is 0 Å². The minimum atomic E-state index is 0.598. The molecule has 0 unspecified atom stereocenters. The van der Waals surface area contributed by atoms with Gasteiger partial charge in [-0.15, -0.1) is 0 Å². The van der Waals surface area contributed by atoms with Crippen molar-refractivity contribution in [1.29, 1.82) is 0 Å². The van der Waals surface area contributed by atoms with Crippen molar-refractivity contribution < 1.29 is 0 Å². The Morgan fingerprint density at radius 1 is 0.302 bits per heavy atom. The summed E-state index contributed by atoms with van der Waals surface area (Å²) in [6.45, 7) is 0. The molecule has 0 aliphatic rings. The van der Waals surface area contributed by atoms with Gasteiger partial charge < -0.3 is 4.57 Å². The fourth-order valence-corrected chi connectivity index (χ4v) is 8.41. The van der Waals surface area contributed by atoms with E-state index in [0.29, 0.717) is 23.3 Å². The monoisotopic (exact) mass is 806 g/mol. The van der Waals surface area contributed by atoms with Crippen LogP contribution in [0, 0.1) is 0 Å². The molecule has 0 atom stereocenters. The first-order valence-electron chi connectivity index (χ1n) is 20.8. The van der Waals surface area contributed by atoms with E-state index >= 15 is 0 Å². The SMILES string of the molecule is c1ccc(-c2nc(-c3ccc(-c4ccc5ccc(-c6ccc7ccc(-c8ncccn8)nc7c6)cc5n4)cc3)nc(-c3ccc(-n4c5ccccc5c5ccccc54)cc3)n2)cc1. The molecule has 12 rings (SSSR count). The van der Waals surface area contributed by atoms with Crippen molar-refractivity contribution in [2.24, 2.45) is 0 Å². The van der Waals surface area contributed by atoms with Crippen molar-refractivity contribution >= 4 is 43.6 Å². The molecule has 0 spiro atoms. The molecule has 0 amide bonds. The Morgan fingerprint density at radius 2 is 0.746 bits per heavy atom. The van der Waals surface area contributed by atoms with E-state index in [1.807, 2.05) is 36.4 Å². The van der Waals surface area contributed by atoms with Crippen LogP contribution in [-0.4, -0.2) is 39.5 Å². The van der Waals surface area contributed by atoms with E-state index in [2.05, 4.69) is 166 Å². The average molecular weight is 807 g/mol. The van der Waals surface area contributed by atoms with Gasteiger partial charge in [0.1, 0.15) is 5.69 Å². The molecule has 12 aromatic rings. The van der Waals surface area contributed by atoms with Gasteiger partial charge in [0.15, 0.2) is 23.3 Å². The van der Waals surface area contributed by atoms with Gasteiger partial charge in [-0.3, -0.25) is 0 Å². The predicted octanol–water partition coefficient (Wildman–Crippen LogP) is 12.9. The normalized spacial score (nSPS) is 11.5. The van der Waals surface area contributed by atoms with E-state index in [-0.39, 0.29) is 0 Å². The van der Waals surface area contributed by atoms with Crippen molar-refractivity contribution in [3.05, 3.63) is 207 Å². The lowest BCUT2D eigenvalue weighted by molar-refractivity contribution is 1.07. The maximum atomic E-state index is 5.14. The number of aromatic nitrogens is 8.